The lowest BCUT2D eigenvalue weighted by molar-refractivity contribution is -0.206. The lowest BCUT2D eigenvalue weighted by Crippen LogP contribution is -2.40. The number of pyridine rings is 1. The second-order valence-electron chi connectivity index (χ2n) is 6.57. The number of benzene rings is 1. The molecule has 1 aliphatic heterocycles. The van der Waals surface area contributed by atoms with Gasteiger partial charge in [0.15, 0.2) is 6.10 Å². The van der Waals surface area contributed by atoms with E-state index in [9.17, 15) is 27.5 Å². The van der Waals surface area contributed by atoms with Gasteiger partial charge >= 0.3 is 6.18 Å². The monoisotopic (exact) mass is 427 g/mol. The van der Waals surface area contributed by atoms with E-state index in [0.717, 1.165) is 24.4 Å². The average molecular weight is 427 g/mol. The third kappa shape index (κ3) is 5.13. The average Bonchev–Trinajstić information content (AvgIpc) is 3.22. The van der Waals surface area contributed by atoms with E-state index in [1.54, 1.807) is 12.5 Å². The van der Waals surface area contributed by atoms with Gasteiger partial charge in [0, 0.05) is 22.9 Å². The number of hydrogen-bond donors (Lipinski definition) is 2. The first-order valence-electron chi connectivity index (χ1n) is 8.61. The van der Waals surface area contributed by atoms with Gasteiger partial charge in [-0.25, -0.2) is 4.39 Å². The Labute approximate surface area is 168 Å². The van der Waals surface area contributed by atoms with E-state index in [4.69, 9.17) is 0 Å². The molecule has 0 radical (unpaired) electrons. The van der Waals surface area contributed by atoms with Crippen LogP contribution in [0.1, 0.15) is 28.9 Å². The Bertz CT molecular complexity index is 919. The Kier molecular flexibility index (Phi) is 6.23. The number of rotatable bonds is 5. The van der Waals surface area contributed by atoms with Gasteiger partial charge in [-0.05, 0) is 42.8 Å². The number of hydrogen-bond acceptors (Lipinski definition) is 5. The van der Waals surface area contributed by atoms with E-state index < -0.39 is 29.6 Å². The first-order chi connectivity index (χ1) is 13.6. The first-order valence-corrected chi connectivity index (χ1v) is 9.66. The fourth-order valence-corrected chi connectivity index (χ4v) is 3.69. The number of aliphatic hydroxyl groups excluding tert-OH is 1. The van der Waals surface area contributed by atoms with Crippen LogP contribution in [0.5, 0.6) is 0 Å². The third-order valence-electron chi connectivity index (χ3n) is 4.40. The molecule has 3 unspecified atom stereocenters. The molecule has 0 saturated heterocycles. The number of aromatic nitrogens is 1. The molecule has 5 nitrogen and oxygen atoms in total. The molecule has 0 spiro atoms. The Morgan fingerprint density at radius 2 is 2.07 bits per heavy atom. The maximum Gasteiger partial charge on any atom is 0.418 e. The Balaban J connectivity index is 1.96. The molecule has 2 heterocycles. The van der Waals surface area contributed by atoms with Crippen molar-refractivity contribution in [2.45, 2.75) is 31.3 Å². The van der Waals surface area contributed by atoms with Crippen LogP contribution in [-0.2, 0) is 0 Å². The van der Waals surface area contributed by atoms with Gasteiger partial charge in [0.1, 0.15) is 5.82 Å². The summed E-state index contributed by atoms with van der Waals surface area (Å²) in [5.74, 6) is -0.523. The van der Waals surface area contributed by atoms with Crippen molar-refractivity contribution in [3.05, 3.63) is 53.5 Å². The molecule has 0 bridgehead atoms. The van der Waals surface area contributed by atoms with Crippen LogP contribution in [0.2, 0.25) is 0 Å². The lowest BCUT2D eigenvalue weighted by atomic mass is 9.98. The van der Waals surface area contributed by atoms with Gasteiger partial charge in [-0.1, -0.05) is 0 Å². The quantitative estimate of drug-likeness (QED) is 0.713. The van der Waals surface area contributed by atoms with Crippen LogP contribution in [0.3, 0.4) is 0 Å². The normalized spacial score (nSPS) is 18.5. The molecule has 2 aromatic rings. The molecule has 29 heavy (non-hydrogen) atoms. The van der Waals surface area contributed by atoms with Crippen LogP contribution in [-0.4, -0.2) is 45.6 Å². The Morgan fingerprint density at radius 3 is 2.66 bits per heavy atom. The van der Waals surface area contributed by atoms with E-state index in [0.29, 0.717) is 5.75 Å². The summed E-state index contributed by atoms with van der Waals surface area (Å²) in [7, 11) is 0. The summed E-state index contributed by atoms with van der Waals surface area (Å²) >= 11 is 1.50. The van der Waals surface area contributed by atoms with Gasteiger partial charge in [0.2, 0.25) is 0 Å². The summed E-state index contributed by atoms with van der Waals surface area (Å²) in [4.78, 5) is 20.7. The number of halogens is 4. The second kappa shape index (κ2) is 8.50. The minimum atomic E-state index is -4.91. The lowest BCUT2D eigenvalue weighted by Gasteiger charge is -2.20. The van der Waals surface area contributed by atoms with Gasteiger partial charge in [0.25, 0.3) is 5.91 Å². The van der Waals surface area contributed by atoms with E-state index in [2.05, 4.69) is 15.3 Å². The maximum absolute atomic E-state index is 13.1. The van der Waals surface area contributed by atoms with Crippen LogP contribution in [0.25, 0.3) is 11.3 Å². The van der Waals surface area contributed by atoms with Gasteiger partial charge < -0.3 is 10.4 Å². The number of aliphatic imine (C=N–C) groups is 1. The fourth-order valence-electron chi connectivity index (χ4n) is 2.79. The zero-order valence-electron chi connectivity index (χ0n) is 15.2. The number of alkyl halides is 3. The molecule has 0 saturated carbocycles. The maximum atomic E-state index is 13.1. The van der Waals surface area contributed by atoms with E-state index in [1.807, 2.05) is 0 Å². The Morgan fingerprint density at radius 1 is 1.31 bits per heavy atom. The van der Waals surface area contributed by atoms with Crippen molar-refractivity contribution in [1.29, 1.82) is 0 Å². The minimum Gasteiger partial charge on any atom is -0.379 e. The first kappa shape index (κ1) is 21.3. The topological polar surface area (TPSA) is 74.6 Å². The molecular weight excluding hydrogens is 410 g/mol. The zero-order valence-corrected chi connectivity index (χ0v) is 16.0. The number of nitrogens with zero attached hydrogens (tertiary/aromatic N) is 2. The molecule has 1 aromatic carbocycles. The molecule has 0 fully saturated rings. The number of carbonyl (C=O) groups is 1. The highest BCUT2D eigenvalue weighted by Crippen LogP contribution is 2.35. The van der Waals surface area contributed by atoms with Crippen LogP contribution in [0.15, 0.2) is 41.5 Å². The summed E-state index contributed by atoms with van der Waals surface area (Å²) in [5.41, 5.74) is 1.42. The smallest absolute Gasteiger partial charge is 0.379 e. The van der Waals surface area contributed by atoms with Crippen molar-refractivity contribution in [3.63, 3.8) is 0 Å². The summed E-state index contributed by atoms with van der Waals surface area (Å²) < 4.78 is 52.2. The molecule has 10 heteroatoms. The Hall–Kier alpha value is -2.46. The minimum absolute atomic E-state index is 0.0756. The van der Waals surface area contributed by atoms with Crippen molar-refractivity contribution in [3.8, 4) is 11.3 Å². The van der Waals surface area contributed by atoms with Crippen LogP contribution in [0.4, 0.5) is 17.6 Å². The molecule has 3 rings (SSSR count). The zero-order chi connectivity index (χ0) is 21.2. The highest BCUT2D eigenvalue weighted by Gasteiger charge is 2.40. The van der Waals surface area contributed by atoms with Gasteiger partial charge in [-0.3, -0.25) is 14.8 Å². The van der Waals surface area contributed by atoms with Crippen molar-refractivity contribution in [1.82, 2.24) is 10.3 Å². The van der Waals surface area contributed by atoms with Gasteiger partial charge in [-0.15, -0.1) is 11.8 Å². The van der Waals surface area contributed by atoms with Gasteiger partial charge in [0.05, 0.1) is 23.5 Å². The van der Waals surface area contributed by atoms with Crippen LogP contribution >= 0.6 is 11.8 Å². The van der Waals surface area contributed by atoms with Crippen molar-refractivity contribution >= 4 is 23.2 Å². The predicted octanol–water partition coefficient (Wildman–Crippen LogP) is 3.75. The molecule has 3 atom stereocenters. The summed E-state index contributed by atoms with van der Waals surface area (Å²) in [6, 6.07) is 5.33. The number of nitrogens with one attached hydrogen (secondary N) is 1. The SMILES string of the molecule is CC(NC(=O)c1cc(-c2ccc(F)cn2)cc(C(O)C(F)(F)F)c1)C1CSC=N1. The second-order valence-corrected chi connectivity index (χ2v) is 7.44. The number of amides is 1. The van der Waals surface area contributed by atoms with E-state index in [-0.39, 0.29) is 28.9 Å². The molecular formula is C19H17F4N3O2S. The molecule has 0 aliphatic carbocycles. The molecule has 154 valence electrons. The largest absolute Gasteiger partial charge is 0.418 e. The predicted molar refractivity (Wildman–Crippen MR) is 102 cm³/mol. The highest BCUT2D eigenvalue weighted by atomic mass is 32.2. The highest BCUT2D eigenvalue weighted by molar-refractivity contribution is 8.12. The number of aliphatic hydroxyl groups is 1. The van der Waals surface area contributed by atoms with Gasteiger partial charge in [-0.2, -0.15) is 13.2 Å². The van der Waals surface area contributed by atoms with Crippen molar-refractivity contribution in [2.24, 2.45) is 4.99 Å². The van der Waals surface area contributed by atoms with Crippen molar-refractivity contribution < 1.29 is 27.5 Å². The molecule has 1 amide bonds. The summed E-state index contributed by atoms with van der Waals surface area (Å²) in [6.45, 7) is 1.75. The summed E-state index contributed by atoms with van der Waals surface area (Å²) in [5, 5.41) is 12.4. The molecule has 1 aromatic heterocycles. The van der Waals surface area contributed by atoms with Crippen molar-refractivity contribution in [2.75, 3.05) is 5.75 Å². The van der Waals surface area contributed by atoms with E-state index >= 15 is 0 Å². The number of carbonyl (C=O) groups excluding carboxylic acids is 1. The molecule has 1 aliphatic rings. The third-order valence-corrected chi connectivity index (χ3v) is 5.20. The fraction of sp³-hybridized carbons (Fsp3) is 0.316. The van der Waals surface area contributed by atoms with Crippen LogP contribution < -0.4 is 5.32 Å². The molecule has 2 N–H and O–H groups in total. The summed E-state index contributed by atoms with van der Waals surface area (Å²) in [6.07, 6.45) is -6.77. The van der Waals surface area contributed by atoms with E-state index in [1.165, 1.54) is 23.9 Å². The number of thioether (sulfide) groups is 1. The van der Waals surface area contributed by atoms with Crippen LogP contribution in [0, 0.1) is 5.82 Å². The standard InChI is InChI=1S/C19H17F4N3O2S/c1-10(16-8-29-9-25-16)26-18(28)13-5-11(15-3-2-14(20)7-24-15)4-12(6-13)17(27)19(21,22)23/h2-7,9-10,16-17,27H,8H2,1H3,(H,26,28).